The minimum absolute atomic E-state index is 0.120. The number of benzene rings is 2. The van der Waals surface area contributed by atoms with Gasteiger partial charge in [-0.05, 0) is 48.6 Å². The summed E-state index contributed by atoms with van der Waals surface area (Å²) in [5.41, 5.74) is 3.78. The molecular weight excluding hydrogens is 300 g/mol. The Labute approximate surface area is 139 Å². The number of aryl methyl sites for hydroxylation is 1. The van der Waals surface area contributed by atoms with E-state index in [1.54, 1.807) is 19.1 Å². The van der Waals surface area contributed by atoms with E-state index >= 15 is 0 Å². The van der Waals surface area contributed by atoms with E-state index in [2.05, 4.69) is 10.3 Å². The number of aromatic amines is 1. The lowest BCUT2D eigenvalue weighted by atomic mass is 10.1. The zero-order valence-electron chi connectivity index (χ0n) is 13.6. The summed E-state index contributed by atoms with van der Waals surface area (Å²) < 4.78 is 0. The molecule has 0 aliphatic carbocycles. The van der Waals surface area contributed by atoms with Crippen molar-refractivity contribution in [2.45, 2.75) is 13.8 Å². The molecule has 2 N–H and O–H groups in total. The average molecular weight is 318 g/mol. The quantitative estimate of drug-likeness (QED) is 0.720. The molecule has 0 saturated heterocycles. The molecule has 4 heteroatoms. The van der Waals surface area contributed by atoms with Gasteiger partial charge in [0, 0.05) is 17.3 Å². The highest BCUT2D eigenvalue weighted by Gasteiger charge is 2.04. The van der Waals surface area contributed by atoms with E-state index in [4.69, 9.17) is 0 Å². The minimum atomic E-state index is -0.204. The summed E-state index contributed by atoms with van der Waals surface area (Å²) in [6, 6.07) is 17.0. The fraction of sp³-hybridized carbons (Fsp3) is 0.100. The van der Waals surface area contributed by atoms with Crippen molar-refractivity contribution in [1.29, 1.82) is 0 Å². The first-order valence-corrected chi connectivity index (χ1v) is 7.71. The Bertz CT molecular complexity index is 985. The van der Waals surface area contributed by atoms with E-state index in [0.29, 0.717) is 16.8 Å². The predicted molar refractivity (Wildman–Crippen MR) is 98.0 cm³/mol. The van der Waals surface area contributed by atoms with Crippen LogP contribution in [0.4, 0.5) is 5.69 Å². The van der Waals surface area contributed by atoms with E-state index in [9.17, 15) is 9.59 Å². The Hall–Kier alpha value is -3.14. The second-order valence-electron chi connectivity index (χ2n) is 5.77. The normalized spacial score (nSPS) is 11.5. The highest BCUT2D eigenvalue weighted by molar-refractivity contribution is 6.04. The van der Waals surface area contributed by atoms with Crippen LogP contribution < -0.4 is 10.9 Å². The van der Waals surface area contributed by atoms with Crippen molar-refractivity contribution in [3.05, 3.63) is 82.2 Å². The number of aromatic nitrogens is 1. The lowest BCUT2D eigenvalue weighted by molar-refractivity contribution is -0.111. The molecular formula is C20H18N2O2. The molecule has 1 amide bonds. The number of anilines is 1. The molecule has 3 aromatic rings. The average Bonchev–Trinajstić information content (AvgIpc) is 2.57. The number of hydrogen-bond acceptors (Lipinski definition) is 2. The summed E-state index contributed by atoms with van der Waals surface area (Å²) in [5, 5.41) is 3.76. The number of allylic oxidation sites excluding steroid dienone is 1. The lowest BCUT2D eigenvalue weighted by Crippen LogP contribution is -2.10. The number of nitrogens with one attached hydrogen (secondary N) is 2. The molecule has 0 aliphatic rings. The van der Waals surface area contributed by atoms with Gasteiger partial charge < -0.3 is 10.3 Å². The van der Waals surface area contributed by atoms with Crippen LogP contribution in [0.2, 0.25) is 0 Å². The Balaban J connectivity index is 1.83. The van der Waals surface area contributed by atoms with Crippen LogP contribution in [-0.4, -0.2) is 10.9 Å². The van der Waals surface area contributed by atoms with Gasteiger partial charge in [-0.2, -0.15) is 0 Å². The van der Waals surface area contributed by atoms with E-state index in [0.717, 1.165) is 16.5 Å². The second kappa shape index (κ2) is 6.54. The topological polar surface area (TPSA) is 62.0 Å². The summed E-state index contributed by atoms with van der Waals surface area (Å²) in [6.07, 6.45) is 1.57. The largest absolute Gasteiger partial charge is 0.322 e. The number of fused-ring (bicyclic) bond motifs is 1. The van der Waals surface area contributed by atoms with Gasteiger partial charge in [-0.15, -0.1) is 0 Å². The summed E-state index contributed by atoms with van der Waals surface area (Å²) in [6.45, 7) is 3.67. The van der Waals surface area contributed by atoms with Crippen LogP contribution in [0.3, 0.4) is 0 Å². The molecule has 1 aromatic heterocycles. The van der Waals surface area contributed by atoms with E-state index in [1.807, 2.05) is 55.5 Å². The van der Waals surface area contributed by atoms with Crippen molar-refractivity contribution in [3.8, 4) is 0 Å². The van der Waals surface area contributed by atoms with Gasteiger partial charge in [0.05, 0.1) is 5.52 Å². The molecule has 0 atom stereocenters. The van der Waals surface area contributed by atoms with Gasteiger partial charge in [0.25, 0.3) is 5.56 Å². The monoisotopic (exact) mass is 318 g/mol. The van der Waals surface area contributed by atoms with Crippen LogP contribution >= 0.6 is 0 Å². The third-order valence-corrected chi connectivity index (χ3v) is 3.88. The number of carbonyl (C=O) groups excluding carboxylic acids is 1. The molecule has 24 heavy (non-hydrogen) atoms. The minimum Gasteiger partial charge on any atom is -0.322 e. The molecule has 3 rings (SSSR count). The van der Waals surface area contributed by atoms with Gasteiger partial charge in [-0.3, -0.25) is 9.59 Å². The van der Waals surface area contributed by atoms with Crippen LogP contribution in [0.5, 0.6) is 0 Å². The maximum Gasteiger partial charge on any atom is 0.251 e. The van der Waals surface area contributed by atoms with E-state index in [1.165, 1.54) is 0 Å². The highest BCUT2D eigenvalue weighted by atomic mass is 16.1. The third kappa shape index (κ3) is 3.43. The Morgan fingerprint density at radius 2 is 1.83 bits per heavy atom. The van der Waals surface area contributed by atoms with Crippen LogP contribution in [0.15, 0.2) is 65.5 Å². The fourth-order valence-corrected chi connectivity index (χ4v) is 2.55. The molecule has 0 radical (unpaired) electrons. The number of rotatable bonds is 3. The van der Waals surface area contributed by atoms with Gasteiger partial charge in [0.1, 0.15) is 0 Å². The molecule has 120 valence electrons. The molecule has 0 bridgehead atoms. The molecule has 1 heterocycles. The number of carbonyl (C=O) groups is 1. The van der Waals surface area contributed by atoms with E-state index in [-0.39, 0.29) is 11.5 Å². The second-order valence-corrected chi connectivity index (χ2v) is 5.77. The van der Waals surface area contributed by atoms with E-state index < -0.39 is 0 Å². The van der Waals surface area contributed by atoms with Crippen molar-refractivity contribution < 1.29 is 4.79 Å². The summed E-state index contributed by atoms with van der Waals surface area (Å²) >= 11 is 0. The van der Waals surface area contributed by atoms with Gasteiger partial charge in [-0.1, -0.05) is 36.4 Å². The molecule has 0 saturated carbocycles. The van der Waals surface area contributed by atoms with Crippen LogP contribution in [0.1, 0.15) is 18.1 Å². The molecule has 2 aromatic carbocycles. The first kappa shape index (κ1) is 15.7. The van der Waals surface area contributed by atoms with Gasteiger partial charge in [0.15, 0.2) is 0 Å². The number of hydrogen-bond donors (Lipinski definition) is 2. The fourth-order valence-electron chi connectivity index (χ4n) is 2.55. The van der Waals surface area contributed by atoms with Crippen molar-refractivity contribution in [2.24, 2.45) is 0 Å². The maximum absolute atomic E-state index is 12.2. The standard InChI is InChI=1S/C20H18N2O2/c1-13(15-6-4-3-5-7-15)11-19(23)21-17-9-8-16-10-14(2)20(24)22-18(16)12-17/h3-12H,1-2H3,(H,21,23)(H,22,24)/b13-11+. The number of pyridine rings is 1. The number of amides is 1. The first-order valence-electron chi connectivity index (χ1n) is 7.71. The molecule has 0 unspecified atom stereocenters. The van der Waals surface area contributed by atoms with Gasteiger partial charge >= 0.3 is 0 Å². The molecule has 0 spiro atoms. The maximum atomic E-state index is 12.2. The molecule has 0 aliphatic heterocycles. The Morgan fingerprint density at radius 1 is 1.08 bits per heavy atom. The lowest BCUT2D eigenvalue weighted by Gasteiger charge is -2.06. The highest BCUT2D eigenvalue weighted by Crippen LogP contribution is 2.18. The van der Waals surface area contributed by atoms with Crippen LogP contribution in [0, 0.1) is 6.92 Å². The van der Waals surface area contributed by atoms with Crippen molar-refractivity contribution in [2.75, 3.05) is 5.32 Å². The van der Waals surface area contributed by atoms with Crippen LogP contribution in [-0.2, 0) is 4.79 Å². The zero-order valence-corrected chi connectivity index (χ0v) is 13.6. The van der Waals surface area contributed by atoms with Gasteiger partial charge in [-0.25, -0.2) is 0 Å². The summed E-state index contributed by atoms with van der Waals surface area (Å²) in [7, 11) is 0. The molecule has 4 nitrogen and oxygen atoms in total. The smallest absolute Gasteiger partial charge is 0.251 e. The zero-order chi connectivity index (χ0) is 17.1. The Morgan fingerprint density at radius 3 is 2.58 bits per heavy atom. The Kier molecular flexibility index (Phi) is 4.29. The third-order valence-electron chi connectivity index (χ3n) is 3.88. The first-order chi connectivity index (χ1) is 11.5. The van der Waals surface area contributed by atoms with Crippen LogP contribution in [0.25, 0.3) is 16.5 Å². The van der Waals surface area contributed by atoms with Crippen molar-refractivity contribution in [3.63, 3.8) is 0 Å². The van der Waals surface area contributed by atoms with Gasteiger partial charge in [0.2, 0.25) is 5.91 Å². The van der Waals surface area contributed by atoms with Crippen molar-refractivity contribution in [1.82, 2.24) is 4.98 Å². The summed E-state index contributed by atoms with van der Waals surface area (Å²) in [5.74, 6) is -0.204. The van der Waals surface area contributed by atoms with Crippen molar-refractivity contribution >= 4 is 28.1 Å². The summed E-state index contributed by atoms with van der Waals surface area (Å²) in [4.78, 5) is 26.7. The predicted octanol–water partition coefficient (Wildman–Crippen LogP) is 3.88. The molecule has 0 fully saturated rings. The SMILES string of the molecule is C/C(=C\C(=O)Nc1ccc2cc(C)c(=O)[nH]c2c1)c1ccccc1. The number of H-pyrrole nitrogens is 1.